The summed E-state index contributed by atoms with van der Waals surface area (Å²) < 4.78 is 10.6. The maximum atomic E-state index is 12.5. The van der Waals surface area contributed by atoms with Gasteiger partial charge in [-0.2, -0.15) is 4.79 Å². The van der Waals surface area contributed by atoms with Crippen LogP contribution in [0.25, 0.3) is 0 Å². The molecule has 0 atom stereocenters. The standard InChI is InChI=1S/C14H17N5O3/c1-21-13-8-11(14(20)18-4-6-22-7-5-18)2-3-12(13)17-19-10-15-9-16-19/h2-3,8-10,17H,4-7H2,1H3. The van der Waals surface area contributed by atoms with Crippen molar-refractivity contribution in [1.29, 1.82) is 0 Å². The minimum atomic E-state index is -0.0195. The Kier molecular flexibility index (Phi) is 4.19. The highest BCUT2D eigenvalue weighted by Gasteiger charge is 2.19. The molecule has 1 aliphatic rings. The number of morpholine rings is 1. The summed E-state index contributed by atoms with van der Waals surface area (Å²) in [5.74, 6) is 0.545. The van der Waals surface area contributed by atoms with Crippen LogP contribution in [0.5, 0.6) is 5.75 Å². The fraction of sp³-hybridized carbons (Fsp3) is 0.357. The first-order valence-corrected chi connectivity index (χ1v) is 6.94. The lowest BCUT2D eigenvalue weighted by Crippen LogP contribution is -2.40. The van der Waals surface area contributed by atoms with Crippen molar-refractivity contribution in [3.05, 3.63) is 36.4 Å². The molecule has 22 heavy (non-hydrogen) atoms. The second-order valence-corrected chi connectivity index (χ2v) is 4.77. The van der Waals surface area contributed by atoms with Gasteiger partial charge in [0.05, 0.1) is 26.0 Å². The molecule has 1 saturated heterocycles. The van der Waals surface area contributed by atoms with E-state index in [1.807, 2.05) is 0 Å². The van der Waals surface area contributed by atoms with Crippen LogP contribution in [0.3, 0.4) is 0 Å². The zero-order valence-electron chi connectivity index (χ0n) is 12.2. The Morgan fingerprint density at radius 3 is 2.86 bits per heavy atom. The molecule has 0 unspecified atom stereocenters. The zero-order valence-corrected chi connectivity index (χ0v) is 12.2. The lowest BCUT2D eigenvalue weighted by molar-refractivity contribution is 0.0302. The highest BCUT2D eigenvalue weighted by atomic mass is 16.5. The molecule has 8 heteroatoms. The Morgan fingerprint density at radius 1 is 1.36 bits per heavy atom. The molecule has 1 aliphatic heterocycles. The molecule has 2 heterocycles. The summed E-state index contributed by atoms with van der Waals surface area (Å²) in [7, 11) is 1.56. The third kappa shape index (κ3) is 3.01. The first-order valence-electron chi connectivity index (χ1n) is 6.94. The summed E-state index contributed by atoms with van der Waals surface area (Å²) >= 11 is 0. The summed E-state index contributed by atoms with van der Waals surface area (Å²) in [5.41, 5.74) is 4.31. The van der Waals surface area contributed by atoms with Gasteiger partial charge in [-0.25, -0.2) is 4.98 Å². The summed E-state index contributed by atoms with van der Waals surface area (Å²) in [6.45, 7) is 2.38. The van der Waals surface area contributed by atoms with Crippen molar-refractivity contribution in [2.24, 2.45) is 0 Å². The largest absolute Gasteiger partial charge is 0.494 e. The number of hydrogen-bond donors (Lipinski definition) is 1. The van der Waals surface area contributed by atoms with E-state index in [1.165, 1.54) is 17.4 Å². The molecule has 116 valence electrons. The van der Waals surface area contributed by atoms with Gasteiger partial charge in [-0.15, -0.1) is 5.10 Å². The molecule has 2 aromatic rings. The minimum absolute atomic E-state index is 0.0195. The van der Waals surface area contributed by atoms with Crippen LogP contribution in [0.15, 0.2) is 30.9 Å². The van der Waals surface area contributed by atoms with Crippen molar-refractivity contribution < 1.29 is 14.3 Å². The molecule has 0 saturated carbocycles. The van der Waals surface area contributed by atoms with Gasteiger partial charge in [0.15, 0.2) is 0 Å². The van der Waals surface area contributed by atoms with E-state index in [0.29, 0.717) is 43.3 Å². The third-order valence-corrected chi connectivity index (χ3v) is 3.40. The first kappa shape index (κ1) is 14.3. The summed E-state index contributed by atoms with van der Waals surface area (Å²) in [6.07, 6.45) is 2.96. The molecule has 8 nitrogen and oxygen atoms in total. The molecule has 3 rings (SSSR count). The average Bonchev–Trinajstić information content (AvgIpc) is 3.08. The smallest absolute Gasteiger partial charge is 0.254 e. The quantitative estimate of drug-likeness (QED) is 0.892. The maximum absolute atomic E-state index is 12.5. The van der Waals surface area contributed by atoms with E-state index in [4.69, 9.17) is 9.47 Å². The van der Waals surface area contributed by atoms with E-state index in [2.05, 4.69) is 15.5 Å². The number of aromatic nitrogens is 3. The number of nitrogens with zero attached hydrogens (tertiary/aromatic N) is 4. The minimum Gasteiger partial charge on any atom is -0.494 e. The van der Waals surface area contributed by atoms with Crippen molar-refractivity contribution >= 4 is 11.6 Å². The van der Waals surface area contributed by atoms with Crippen LogP contribution >= 0.6 is 0 Å². The molecule has 1 fully saturated rings. The molecule has 0 radical (unpaired) electrons. The molecule has 0 aliphatic carbocycles. The number of methoxy groups -OCH3 is 1. The number of carbonyl (C=O) groups is 1. The summed E-state index contributed by atoms with van der Waals surface area (Å²) in [6, 6.07) is 5.27. The fourth-order valence-electron chi connectivity index (χ4n) is 2.26. The maximum Gasteiger partial charge on any atom is 0.254 e. The predicted molar refractivity (Wildman–Crippen MR) is 78.8 cm³/mol. The summed E-state index contributed by atoms with van der Waals surface area (Å²) in [4.78, 5) is 19.6. The Morgan fingerprint density at radius 2 is 2.18 bits per heavy atom. The third-order valence-electron chi connectivity index (χ3n) is 3.40. The molecular weight excluding hydrogens is 286 g/mol. The van der Waals surface area contributed by atoms with Crippen LogP contribution in [0, 0.1) is 0 Å². The molecular formula is C14H17N5O3. The van der Waals surface area contributed by atoms with Gasteiger partial charge in [0, 0.05) is 18.7 Å². The van der Waals surface area contributed by atoms with Crippen molar-refractivity contribution in [1.82, 2.24) is 19.8 Å². The SMILES string of the molecule is COc1cc(C(=O)N2CCOCC2)ccc1Nn1cncn1. The number of rotatable bonds is 4. The molecule has 1 N–H and O–H groups in total. The topological polar surface area (TPSA) is 81.5 Å². The van der Waals surface area contributed by atoms with Gasteiger partial charge in [0.1, 0.15) is 18.4 Å². The van der Waals surface area contributed by atoms with Crippen molar-refractivity contribution in [3.63, 3.8) is 0 Å². The number of anilines is 1. The molecule has 1 aromatic carbocycles. The number of ether oxygens (including phenoxy) is 2. The fourth-order valence-corrected chi connectivity index (χ4v) is 2.26. The molecule has 1 aromatic heterocycles. The van der Waals surface area contributed by atoms with Crippen LogP contribution in [0.4, 0.5) is 5.69 Å². The van der Waals surface area contributed by atoms with Crippen molar-refractivity contribution in [2.45, 2.75) is 0 Å². The number of benzene rings is 1. The second-order valence-electron chi connectivity index (χ2n) is 4.77. The van der Waals surface area contributed by atoms with Gasteiger partial charge in [0.25, 0.3) is 5.91 Å². The van der Waals surface area contributed by atoms with E-state index >= 15 is 0 Å². The Labute approximate surface area is 127 Å². The average molecular weight is 303 g/mol. The highest BCUT2D eigenvalue weighted by Crippen LogP contribution is 2.26. The van der Waals surface area contributed by atoms with E-state index in [1.54, 1.807) is 30.2 Å². The van der Waals surface area contributed by atoms with E-state index in [-0.39, 0.29) is 5.91 Å². The summed E-state index contributed by atoms with van der Waals surface area (Å²) in [5, 5.41) is 3.97. The lowest BCUT2D eigenvalue weighted by atomic mass is 10.1. The van der Waals surface area contributed by atoms with Gasteiger partial charge < -0.3 is 14.4 Å². The Hall–Kier alpha value is -2.61. The first-order chi connectivity index (χ1) is 10.8. The number of nitrogens with one attached hydrogen (secondary N) is 1. The van der Waals surface area contributed by atoms with E-state index in [0.717, 1.165) is 0 Å². The predicted octanol–water partition coefficient (Wildman–Crippen LogP) is 0.634. The molecule has 1 amide bonds. The van der Waals surface area contributed by atoms with E-state index < -0.39 is 0 Å². The Bertz CT molecular complexity index is 638. The monoisotopic (exact) mass is 303 g/mol. The number of carbonyl (C=O) groups excluding carboxylic acids is 1. The van der Waals surface area contributed by atoms with Crippen molar-refractivity contribution in [3.8, 4) is 5.75 Å². The Balaban J connectivity index is 1.80. The van der Waals surface area contributed by atoms with E-state index in [9.17, 15) is 4.79 Å². The second kappa shape index (κ2) is 6.44. The normalized spacial score (nSPS) is 14.7. The zero-order chi connectivity index (χ0) is 15.4. The van der Waals surface area contributed by atoms with Crippen LogP contribution in [0.2, 0.25) is 0 Å². The highest BCUT2D eigenvalue weighted by molar-refractivity contribution is 5.95. The van der Waals surface area contributed by atoms with Gasteiger partial charge in [-0.1, -0.05) is 0 Å². The van der Waals surface area contributed by atoms with Gasteiger partial charge in [-0.3, -0.25) is 10.2 Å². The molecule has 0 spiro atoms. The van der Waals surface area contributed by atoms with Crippen LogP contribution in [0.1, 0.15) is 10.4 Å². The lowest BCUT2D eigenvalue weighted by Gasteiger charge is -2.27. The molecule has 0 bridgehead atoms. The van der Waals surface area contributed by atoms with Crippen LogP contribution in [-0.2, 0) is 4.74 Å². The van der Waals surface area contributed by atoms with Crippen LogP contribution in [-0.4, -0.2) is 59.1 Å². The van der Waals surface area contributed by atoms with Gasteiger partial charge >= 0.3 is 0 Å². The number of hydrogen-bond acceptors (Lipinski definition) is 6. The van der Waals surface area contributed by atoms with Crippen LogP contribution < -0.4 is 10.2 Å². The van der Waals surface area contributed by atoms with Gasteiger partial charge in [-0.05, 0) is 18.2 Å². The number of amides is 1. The van der Waals surface area contributed by atoms with Gasteiger partial charge in [0.2, 0.25) is 0 Å². The van der Waals surface area contributed by atoms with Crippen molar-refractivity contribution in [2.75, 3.05) is 38.8 Å².